The zero-order valence-corrected chi connectivity index (χ0v) is 11.0. The van der Waals surface area contributed by atoms with Crippen LogP contribution in [0.2, 0.25) is 0 Å². The van der Waals surface area contributed by atoms with Gasteiger partial charge in [0.15, 0.2) is 0 Å². The molecule has 104 valence electrons. The zero-order valence-electron chi connectivity index (χ0n) is 11.0. The van der Waals surface area contributed by atoms with Gasteiger partial charge in [-0.2, -0.15) is 0 Å². The number of aliphatic hydroxyl groups is 1. The van der Waals surface area contributed by atoms with Gasteiger partial charge in [-0.15, -0.1) is 0 Å². The maximum atomic E-state index is 12.2. The fourth-order valence-corrected chi connectivity index (χ4v) is 2.72. The van der Waals surface area contributed by atoms with E-state index in [1.807, 2.05) is 0 Å². The summed E-state index contributed by atoms with van der Waals surface area (Å²) in [5, 5.41) is 9.11. The molecule has 0 atom stereocenters. The standard InChI is InChI=1S/C14H20N2O3/c17-9-10-1-5-12(6-2-10)19-13-14(18)16(8-7-15-13)11-3-4-11/h7-8,10-12,17H,1-6,9H2. The number of aromatic nitrogens is 2. The predicted molar refractivity (Wildman–Crippen MR) is 70.2 cm³/mol. The highest BCUT2D eigenvalue weighted by atomic mass is 16.5. The summed E-state index contributed by atoms with van der Waals surface area (Å²) in [6.07, 6.45) is 9.32. The van der Waals surface area contributed by atoms with E-state index in [2.05, 4.69) is 4.98 Å². The Bertz CT molecular complexity index is 488. The quantitative estimate of drug-likeness (QED) is 0.895. The molecule has 2 aliphatic carbocycles. The molecule has 1 aromatic rings. The largest absolute Gasteiger partial charge is 0.470 e. The number of rotatable bonds is 4. The first-order chi connectivity index (χ1) is 9.28. The number of nitrogens with zero attached hydrogens (tertiary/aromatic N) is 2. The second-order valence-electron chi connectivity index (χ2n) is 5.62. The molecular weight excluding hydrogens is 244 g/mol. The molecule has 2 saturated carbocycles. The van der Waals surface area contributed by atoms with E-state index >= 15 is 0 Å². The van der Waals surface area contributed by atoms with Crippen LogP contribution in [0.25, 0.3) is 0 Å². The van der Waals surface area contributed by atoms with Gasteiger partial charge in [-0.1, -0.05) is 0 Å². The third kappa shape index (κ3) is 2.81. The summed E-state index contributed by atoms with van der Waals surface area (Å²) in [5.74, 6) is 0.633. The third-order valence-corrected chi connectivity index (χ3v) is 4.11. The fourth-order valence-electron chi connectivity index (χ4n) is 2.72. The highest BCUT2D eigenvalue weighted by molar-refractivity contribution is 5.07. The Hall–Kier alpha value is -1.36. The van der Waals surface area contributed by atoms with E-state index in [0.29, 0.717) is 12.0 Å². The maximum absolute atomic E-state index is 12.2. The summed E-state index contributed by atoms with van der Waals surface area (Å²) >= 11 is 0. The van der Waals surface area contributed by atoms with Crippen molar-refractivity contribution in [1.82, 2.24) is 9.55 Å². The van der Waals surface area contributed by atoms with E-state index < -0.39 is 0 Å². The number of hydrogen-bond donors (Lipinski definition) is 1. The monoisotopic (exact) mass is 264 g/mol. The van der Waals surface area contributed by atoms with Crippen molar-refractivity contribution in [2.75, 3.05) is 6.61 Å². The zero-order chi connectivity index (χ0) is 13.2. The molecule has 0 bridgehead atoms. The van der Waals surface area contributed by atoms with Gasteiger partial charge in [0.25, 0.3) is 5.88 Å². The summed E-state index contributed by atoms with van der Waals surface area (Å²) in [6.45, 7) is 0.255. The molecule has 0 amide bonds. The lowest BCUT2D eigenvalue weighted by atomic mass is 9.88. The van der Waals surface area contributed by atoms with Crippen LogP contribution in [0.3, 0.4) is 0 Å². The van der Waals surface area contributed by atoms with E-state index in [-0.39, 0.29) is 24.2 Å². The summed E-state index contributed by atoms with van der Waals surface area (Å²) in [4.78, 5) is 16.3. The lowest BCUT2D eigenvalue weighted by Gasteiger charge is -2.27. The van der Waals surface area contributed by atoms with Crippen LogP contribution in [0.1, 0.15) is 44.6 Å². The van der Waals surface area contributed by atoms with Gasteiger partial charge < -0.3 is 14.4 Å². The lowest BCUT2D eigenvalue weighted by molar-refractivity contribution is 0.0986. The third-order valence-electron chi connectivity index (χ3n) is 4.11. The molecule has 19 heavy (non-hydrogen) atoms. The molecule has 1 N–H and O–H groups in total. The van der Waals surface area contributed by atoms with Crippen LogP contribution in [0.5, 0.6) is 5.88 Å². The van der Waals surface area contributed by atoms with Crippen molar-refractivity contribution in [1.29, 1.82) is 0 Å². The topological polar surface area (TPSA) is 64.3 Å². The van der Waals surface area contributed by atoms with Crippen LogP contribution >= 0.6 is 0 Å². The van der Waals surface area contributed by atoms with Crippen LogP contribution in [0.4, 0.5) is 0 Å². The second kappa shape index (κ2) is 5.33. The van der Waals surface area contributed by atoms with Gasteiger partial charge >= 0.3 is 5.56 Å². The van der Waals surface area contributed by atoms with E-state index in [4.69, 9.17) is 9.84 Å². The van der Waals surface area contributed by atoms with Gasteiger partial charge in [0.05, 0.1) is 0 Å². The minimum atomic E-state index is -0.103. The van der Waals surface area contributed by atoms with E-state index in [0.717, 1.165) is 38.5 Å². The number of ether oxygens (including phenoxy) is 1. The van der Waals surface area contributed by atoms with Crippen molar-refractivity contribution in [3.05, 3.63) is 22.7 Å². The molecule has 0 radical (unpaired) electrons. The Kier molecular flexibility index (Phi) is 3.55. The van der Waals surface area contributed by atoms with Gasteiger partial charge in [0.2, 0.25) is 0 Å². The summed E-state index contributed by atoms with van der Waals surface area (Å²) in [6, 6.07) is 0.350. The molecule has 2 fully saturated rings. The van der Waals surface area contributed by atoms with Crippen LogP contribution in [-0.2, 0) is 0 Å². The molecule has 0 unspecified atom stereocenters. The van der Waals surface area contributed by atoms with E-state index in [9.17, 15) is 4.79 Å². The number of aliphatic hydroxyl groups excluding tert-OH is 1. The predicted octanol–water partition coefficient (Wildman–Crippen LogP) is 1.51. The van der Waals surface area contributed by atoms with Crippen LogP contribution in [-0.4, -0.2) is 27.4 Å². The summed E-state index contributed by atoms with van der Waals surface area (Å²) in [5.41, 5.74) is -0.103. The van der Waals surface area contributed by atoms with Gasteiger partial charge in [-0.25, -0.2) is 4.98 Å². The van der Waals surface area contributed by atoms with Crippen molar-refractivity contribution >= 4 is 0 Å². The Balaban J connectivity index is 1.67. The van der Waals surface area contributed by atoms with Crippen molar-refractivity contribution in [3.8, 4) is 5.88 Å². The molecule has 1 heterocycles. The van der Waals surface area contributed by atoms with Crippen molar-refractivity contribution in [2.45, 2.75) is 50.7 Å². The highest BCUT2D eigenvalue weighted by Crippen LogP contribution is 2.33. The molecule has 0 aliphatic heterocycles. The summed E-state index contributed by atoms with van der Waals surface area (Å²) < 4.78 is 7.51. The van der Waals surface area contributed by atoms with Crippen LogP contribution in [0, 0.1) is 5.92 Å². The molecular formula is C14H20N2O3. The first kappa shape index (κ1) is 12.7. The van der Waals surface area contributed by atoms with Crippen LogP contribution < -0.4 is 10.3 Å². The van der Waals surface area contributed by atoms with E-state index in [1.54, 1.807) is 17.0 Å². The molecule has 5 nitrogen and oxygen atoms in total. The summed E-state index contributed by atoms with van der Waals surface area (Å²) in [7, 11) is 0. The average Bonchev–Trinajstić information content (AvgIpc) is 3.26. The molecule has 1 aromatic heterocycles. The lowest BCUT2D eigenvalue weighted by Crippen LogP contribution is -2.30. The Morgan fingerprint density at radius 2 is 2.00 bits per heavy atom. The SMILES string of the molecule is O=c1c(OC2CCC(CO)CC2)nccn1C1CC1. The molecule has 0 saturated heterocycles. The second-order valence-corrected chi connectivity index (χ2v) is 5.62. The minimum Gasteiger partial charge on any atom is -0.470 e. The number of hydrogen-bond acceptors (Lipinski definition) is 4. The molecule has 2 aliphatic rings. The van der Waals surface area contributed by atoms with E-state index in [1.165, 1.54) is 0 Å². The first-order valence-corrected chi connectivity index (χ1v) is 7.12. The Labute approximate surface area is 112 Å². The highest BCUT2D eigenvalue weighted by Gasteiger charge is 2.27. The van der Waals surface area contributed by atoms with Crippen LogP contribution in [0.15, 0.2) is 17.2 Å². The fraction of sp³-hybridized carbons (Fsp3) is 0.714. The Morgan fingerprint density at radius 1 is 1.26 bits per heavy atom. The molecule has 0 spiro atoms. The molecule has 3 rings (SSSR count). The van der Waals surface area contributed by atoms with Gasteiger partial charge in [0.1, 0.15) is 6.10 Å². The van der Waals surface area contributed by atoms with Crippen molar-refractivity contribution < 1.29 is 9.84 Å². The van der Waals surface area contributed by atoms with Crippen molar-refractivity contribution in [2.24, 2.45) is 5.92 Å². The smallest absolute Gasteiger partial charge is 0.313 e. The van der Waals surface area contributed by atoms with Crippen molar-refractivity contribution in [3.63, 3.8) is 0 Å². The normalized spacial score (nSPS) is 27.2. The van der Waals surface area contributed by atoms with Gasteiger partial charge in [-0.3, -0.25) is 4.79 Å². The Morgan fingerprint density at radius 3 is 2.63 bits per heavy atom. The average molecular weight is 264 g/mol. The first-order valence-electron chi connectivity index (χ1n) is 7.12. The minimum absolute atomic E-state index is 0.0676. The van der Waals surface area contributed by atoms with Gasteiger partial charge in [0, 0.05) is 25.0 Å². The van der Waals surface area contributed by atoms with Gasteiger partial charge in [-0.05, 0) is 44.4 Å². The maximum Gasteiger partial charge on any atom is 0.313 e. The molecule has 0 aromatic carbocycles. The molecule has 5 heteroatoms.